The number of carbonyl (C=O) groups excluding carboxylic acids is 1. The first kappa shape index (κ1) is 21.0. The molecule has 31 heavy (non-hydrogen) atoms. The summed E-state index contributed by atoms with van der Waals surface area (Å²) in [5.41, 5.74) is 5.60. The molecule has 0 N–H and O–H groups in total. The first-order valence-corrected chi connectivity index (χ1v) is 12.5. The molecule has 1 aromatic carbocycles. The summed E-state index contributed by atoms with van der Waals surface area (Å²) in [6.07, 6.45) is 6.10. The van der Waals surface area contributed by atoms with Crippen LogP contribution in [-0.2, 0) is 17.0 Å². The fourth-order valence-electron chi connectivity index (χ4n) is 5.12. The van der Waals surface area contributed by atoms with Crippen molar-refractivity contribution >= 4 is 17.7 Å². The molecule has 1 amide bonds. The SMILES string of the molecule is CN(C)Cc1cccc2c1SCc1c(C(=O)N3CCOCC3)nn(C3CCCCC3)c1-2. The Morgan fingerprint density at radius 1 is 1.19 bits per heavy atom. The topological polar surface area (TPSA) is 50.6 Å². The molecule has 1 aliphatic carbocycles. The summed E-state index contributed by atoms with van der Waals surface area (Å²) >= 11 is 1.86. The lowest BCUT2D eigenvalue weighted by molar-refractivity contribution is 0.0297. The third-order valence-corrected chi connectivity index (χ3v) is 7.83. The second-order valence-corrected chi connectivity index (χ2v) is 10.1. The molecule has 3 aliphatic rings. The second kappa shape index (κ2) is 8.96. The maximum absolute atomic E-state index is 13.5. The van der Waals surface area contributed by atoms with Crippen LogP contribution in [0.1, 0.15) is 59.8 Å². The van der Waals surface area contributed by atoms with E-state index < -0.39 is 0 Å². The molecule has 7 heteroatoms. The van der Waals surface area contributed by atoms with E-state index in [0.717, 1.165) is 30.7 Å². The van der Waals surface area contributed by atoms with Crippen molar-refractivity contribution in [1.29, 1.82) is 0 Å². The molecule has 166 valence electrons. The predicted molar refractivity (Wildman–Crippen MR) is 123 cm³/mol. The number of hydrogen-bond donors (Lipinski definition) is 0. The van der Waals surface area contributed by atoms with Gasteiger partial charge in [-0.2, -0.15) is 5.10 Å². The van der Waals surface area contributed by atoms with Crippen molar-refractivity contribution in [2.45, 2.75) is 55.3 Å². The van der Waals surface area contributed by atoms with Gasteiger partial charge in [-0.05, 0) is 32.5 Å². The van der Waals surface area contributed by atoms with E-state index in [-0.39, 0.29) is 5.91 Å². The van der Waals surface area contributed by atoms with Gasteiger partial charge in [0.25, 0.3) is 5.91 Å². The third kappa shape index (κ3) is 4.03. The van der Waals surface area contributed by atoms with Crippen LogP contribution in [0.15, 0.2) is 23.1 Å². The number of fused-ring (bicyclic) bond motifs is 3. The van der Waals surface area contributed by atoms with E-state index >= 15 is 0 Å². The highest BCUT2D eigenvalue weighted by Gasteiger charge is 2.34. The standard InChI is InChI=1S/C24H32N4O2S/c1-26(2)15-17-7-6-10-19-22-20(16-31-23(17)19)21(24(29)27-11-13-30-14-12-27)25-28(22)18-8-4-3-5-9-18/h6-7,10,18H,3-5,8-9,11-16H2,1-2H3. The van der Waals surface area contributed by atoms with Crippen molar-refractivity contribution < 1.29 is 9.53 Å². The highest BCUT2D eigenvalue weighted by molar-refractivity contribution is 7.98. The summed E-state index contributed by atoms with van der Waals surface area (Å²) in [6.45, 7) is 3.45. The molecule has 1 saturated heterocycles. The Bertz CT molecular complexity index is 959. The van der Waals surface area contributed by atoms with E-state index in [0.29, 0.717) is 38.0 Å². The Labute approximate surface area is 188 Å². The maximum Gasteiger partial charge on any atom is 0.274 e. The molecular formula is C24H32N4O2S. The van der Waals surface area contributed by atoms with Gasteiger partial charge in [0, 0.05) is 41.4 Å². The molecule has 0 unspecified atom stereocenters. The molecule has 0 radical (unpaired) electrons. The van der Waals surface area contributed by atoms with Crippen molar-refractivity contribution in [3.8, 4) is 11.3 Å². The lowest BCUT2D eigenvalue weighted by Gasteiger charge is -2.27. The molecule has 2 aromatic rings. The molecule has 2 fully saturated rings. The smallest absolute Gasteiger partial charge is 0.274 e. The zero-order valence-corrected chi connectivity index (χ0v) is 19.4. The highest BCUT2D eigenvalue weighted by atomic mass is 32.2. The minimum absolute atomic E-state index is 0.0719. The Morgan fingerprint density at radius 2 is 1.97 bits per heavy atom. The number of ether oxygens (including phenoxy) is 1. The van der Waals surface area contributed by atoms with Gasteiger partial charge in [-0.15, -0.1) is 11.8 Å². The predicted octanol–water partition coefficient (Wildman–Crippen LogP) is 4.20. The van der Waals surface area contributed by atoms with E-state index in [1.54, 1.807) is 0 Å². The summed E-state index contributed by atoms with van der Waals surface area (Å²) in [6, 6.07) is 7.01. The number of aromatic nitrogens is 2. The van der Waals surface area contributed by atoms with Gasteiger partial charge < -0.3 is 14.5 Å². The highest BCUT2D eigenvalue weighted by Crippen LogP contribution is 2.46. The zero-order valence-electron chi connectivity index (χ0n) is 18.6. The van der Waals surface area contributed by atoms with E-state index in [2.05, 4.69) is 41.9 Å². The molecular weight excluding hydrogens is 408 g/mol. The van der Waals surface area contributed by atoms with E-state index in [9.17, 15) is 4.79 Å². The fraction of sp³-hybridized carbons (Fsp3) is 0.583. The van der Waals surface area contributed by atoms with Crippen LogP contribution in [0.3, 0.4) is 0 Å². The van der Waals surface area contributed by atoms with E-state index in [4.69, 9.17) is 9.84 Å². The van der Waals surface area contributed by atoms with Crippen LogP contribution in [0.2, 0.25) is 0 Å². The van der Waals surface area contributed by atoms with Crippen LogP contribution in [0.4, 0.5) is 0 Å². The number of rotatable bonds is 4. The molecule has 0 spiro atoms. The Morgan fingerprint density at radius 3 is 2.71 bits per heavy atom. The average Bonchev–Trinajstić information content (AvgIpc) is 3.20. The van der Waals surface area contributed by atoms with Crippen LogP contribution in [-0.4, -0.2) is 65.9 Å². The summed E-state index contributed by atoms with van der Waals surface area (Å²) in [5.74, 6) is 0.882. The van der Waals surface area contributed by atoms with Gasteiger partial charge in [-0.3, -0.25) is 9.48 Å². The summed E-state index contributed by atoms with van der Waals surface area (Å²) in [7, 11) is 4.23. The molecule has 1 saturated carbocycles. The fourth-order valence-corrected chi connectivity index (χ4v) is 6.32. The number of nitrogens with zero attached hydrogens (tertiary/aromatic N) is 4. The van der Waals surface area contributed by atoms with Crippen LogP contribution in [0, 0.1) is 0 Å². The van der Waals surface area contributed by atoms with Crippen molar-refractivity contribution in [3.05, 3.63) is 35.0 Å². The van der Waals surface area contributed by atoms with E-state index in [1.165, 1.54) is 41.0 Å². The number of benzene rings is 1. The summed E-state index contributed by atoms with van der Waals surface area (Å²) in [4.78, 5) is 19.0. The minimum Gasteiger partial charge on any atom is -0.378 e. The minimum atomic E-state index is 0.0719. The second-order valence-electron chi connectivity index (χ2n) is 9.14. The quantitative estimate of drug-likeness (QED) is 0.713. The summed E-state index contributed by atoms with van der Waals surface area (Å²) in [5, 5.41) is 5.04. The van der Waals surface area contributed by atoms with Crippen molar-refractivity contribution in [2.75, 3.05) is 40.4 Å². The maximum atomic E-state index is 13.5. The Balaban J connectivity index is 1.61. The van der Waals surface area contributed by atoms with E-state index in [1.807, 2.05) is 16.7 Å². The van der Waals surface area contributed by atoms with Crippen LogP contribution < -0.4 is 0 Å². The van der Waals surface area contributed by atoms with Crippen LogP contribution in [0.25, 0.3) is 11.3 Å². The van der Waals surface area contributed by atoms with Gasteiger partial charge in [0.2, 0.25) is 0 Å². The first-order valence-electron chi connectivity index (χ1n) is 11.5. The van der Waals surface area contributed by atoms with Crippen LogP contribution in [0.5, 0.6) is 0 Å². The Hall–Kier alpha value is -1.83. The van der Waals surface area contributed by atoms with Crippen molar-refractivity contribution in [3.63, 3.8) is 0 Å². The molecule has 0 atom stereocenters. The first-order chi connectivity index (χ1) is 15.1. The molecule has 5 rings (SSSR count). The largest absolute Gasteiger partial charge is 0.378 e. The van der Waals surface area contributed by atoms with Gasteiger partial charge in [0.1, 0.15) is 0 Å². The third-order valence-electron chi connectivity index (χ3n) is 6.63. The molecule has 6 nitrogen and oxygen atoms in total. The monoisotopic (exact) mass is 440 g/mol. The number of hydrogen-bond acceptors (Lipinski definition) is 5. The lowest BCUT2D eigenvalue weighted by atomic mass is 9.94. The number of amides is 1. The molecule has 0 bridgehead atoms. The number of morpholine rings is 1. The average molecular weight is 441 g/mol. The zero-order chi connectivity index (χ0) is 21.4. The van der Waals surface area contributed by atoms with Gasteiger partial charge in [0.15, 0.2) is 5.69 Å². The molecule has 2 aliphatic heterocycles. The molecule has 3 heterocycles. The van der Waals surface area contributed by atoms with Crippen molar-refractivity contribution in [1.82, 2.24) is 19.6 Å². The van der Waals surface area contributed by atoms with Gasteiger partial charge in [-0.1, -0.05) is 37.5 Å². The van der Waals surface area contributed by atoms with Gasteiger partial charge >= 0.3 is 0 Å². The Kier molecular flexibility index (Phi) is 6.08. The van der Waals surface area contributed by atoms with Crippen molar-refractivity contribution in [2.24, 2.45) is 0 Å². The van der Waals surface area contributed by atoms with Gasteiger partial charge in [0.05, 0.1) is 24.9 Å². The van der Waals surface area contributed by atoms with Crippen LogP contribution >= 0.6 is 11.8 Å². The number of carbonyl (C=O) groups is 1. The normalized spacial score (nSPS) is 19.4. The van der Waals surface area contributed by atoms with Gasteiger partial charge in [-0.25, -0.2) is 0 Å². The molecule has 1 aromatic heterocycles. The lowest BCUT2D eigenvalue weighted by Crippen LogP contribution is -2.41. The summed E-state index contributed by atoms with van der Waals surface area (Å²) < 4.78 is 7.70. The number of thioether (sulfide) groups is 1.